The van der Waals surface area contributed by atoms with Crippen LogP contribution in [0.25, 0.3) is 11.3 Å². The van der Waals surface area contributed by atoms with E-state index in [0.29, 0.717) is 0 Å². The molecule has 2 fully saturated rings. The molecular formula is C25H27ClF5N5O4S. The molecule has 16 heteroatoms. The highest BCUT2D eigenvalue weighted by atomic mass is 35.5. The van der Waals surface area contributed by atoms with Gasteiger partial charge >= 0.3 is 0 Å². The second kappa shape index (κ2) is 11.3. The minimum absolute atomic E-state index is 0.0720. The number of benzene rings is 1. The summed E-state index contributed by atoms with van der Waals surface area (Å²) in [5.41, 5.74) is -1.82. The fourth-order valence-electron chi connectivity index (χ4n) is 5.77. The van der Waals surface area contributed by atoms with Crippen molar-refractivity contribution in [1.82, 2.24) is 25.0 Å². The van der Waals surface area contributed by atoms with E-state index in [1.165, 1.54) is 18.6 Å². The predicted octanol–water partition coefficient (Wildman–Crippen LogP) is 3.13. The van der Waals surface area contributed by atoms with Gasteiger partial charge in [0.2, 0.25) is 5.92 Å². The number of aromatic nitrogens is 5. The maximum Gasteiger partial charge on any atom is 0.248 e. The number of hydrogen-bond acceptors (Lipinski definition) is 8. The van der Waals surface area contributed by atoms with E-state index in [9.17, 15) is 42.4 Å². The Kier molecular flexibility index (Phi) is 8.31. The molecule has 3 aromatic rings. The maximum absolute atomic E-state index is 14.1. The number of alkyl halides is 2. The van der Waals surface area contributed by atoms with Gasteiger partial charge < -0.3 is 20.4 Å². The van der Waals surface area contributed by atoms with E-state index in [0.717, 1.165) is 16.8 Å². The first-order chi connectivity index (χ1) is 19.3. The van der Waals surface area contributed by atoms with Crippen molar-refractivity contribution < 1.29 is 42.4 Å². The van der Waals surface area contributed by atoms with Gasteiger partial charge in [-0.3, -0.25) is 4.98 Å². The van der Waals surface area contributed by atoms with Crippen LogP contribution in [0.15, 0.2) is 30.7 Å². The molecule has 41 heavy (non-hydrogen) atoms. The van der Waals surface area contributed by atoms with E-state index in [-0.39, 0.29) is 40.7 Å². The molecule has 1 saturated carbocycles. The minimum Gasteiger partial charge on any atom is -0.395 e. The minimum atomic E-state index is -2.97. The van der Waals surface area contributed by atoms with Crippen LogP contribution in [0.4, 0.5) is 22.0 Å². The Labute approximate surface area is 238 Å². The van der Waals surface area contributed by atoms with E-state index in [1.54, 1.807) is 0 Å². The number of rotatable bonds is 6. The first kappa shape index (κ1) is 30.0. The zero-order chi connectivity index (χ0) is 29.7. The highest BCUT2D eigenvalue weighted by Crippen LogP contribution is 2.61. The molecule has 6 atom stereocenters. The molecule has 0 spiro atoms. The van der Waals surface area contributed by atoms with Crippen LogP contribution in [-0.4, -0.2) is 86.7 Å². The largest absolute Gasteiger partial charge is 0.395 e. The highest BCUT2D eigenvalue weighted by molar-refractivity contribution is 8.18. The lowest BCUT2D eigenvalue weighted by Gasteiger charge is -2.52. The van der Waals surface area contributed by atoms with Crippen LogP contribution in [0.5, 0.6) is 0 Å². The van der Waals surface area contributed by atoms with Gasteiger partial charge in [-0.25, -0.2) is 42.5 Å². The van der Waals surface area contributed by atoms with Gasteiger partial charge in [-0.15, -0.1) is 5.10 Å². The number of thiol groups is 1. The molecule has 4 N–H and O–H groups in total. The quantitative estimate of drug-likeness (QED) is 0.161. The summed E-state index contributed by atoms with van der Waals surface area (Å²) < 4.78 is 70.2. The van der Waals surface area contributed by atoms with Crippen LogP contribution in [0.3, 0.4) is 0 Å². The van der Waals surface area contributed by atoms with Crippen LogP contribution >= 0.6 is 22.5 Å². The zero-order valence-corrected chi connectivity index (χ0v) is 22.9. The summed E-state index contributed by atoms with van der Waals surface area (Å²) in [4.78, 5) is 8.30. The van der Waals surface area contributed by atoms with Gasteiger partial charge in [0.15, 0.2) is 22.6 Å². The molecule has 0 bridgehead atoms. The van der Waals surface area contributed by atoms with Gasteiger partial charge in [0, 0.05) is 41.8 Å². The molecular weight excluding hydrogens is 597 g/mol. The first-order valence-electron chi connectivity index (χ1n) is 12.7. The van der Waals surface area contributed by atoms with E-state index in [1.807, 2.05) is 0 Å². The van der Waals surface area contributed by atoms with Crippen LogP contribution in [-0.2, 0) is 0 Å². The van der Waals surface area contributed by atoms with E-state index in [2.05, 4.69) is 20.3 Å². The molecule has 2 aromatic heterocycles. The van der Waals surface area contributed by atoms with Crippen molar-refractivity contribution in [2.24, 2.45) is 0 Å². The van der Waals surface area contributed by atoms with Crippen LogP contribution in [0.2, 0.25) is 5.15 Å². The third-order valence-electron chi connectivity index (χ3n) is 7.87. The predicted molar refractivity (Wildman–Crippen MR) is 139 cm³/mol. The normalized spacial score (nSPS) is 29.3. The molecule has 1 aromatic carbocycles. The number of hydrogen-bond donors (Lipinski definition) is 5. The number of aliphatic hydroxyl groups excluding tert-OH is 3. The molecule has 1 aliphatic heterocycles. The summed E-state index contributed by atoms with van der Waals surface area (Å²) in [6.45, 7) is -0.605. The Morgan fingerprint density at radius 3 is 2.29 bits per heavy atom. The van der Waals surface area contributed by atoms with Gasteiger partial charge in [0.25, 0.3) is 0 Å². The summed E-state index contributed by atoms with van der Waals surface area (Å²) in [5, 5.41) is 50.5. The lowest BCUT2D eigenvalue weighted by atomic mass is 9.79. The topological polar surface area (TPSA) is 137 Å². The lowest BCUT2D eigenvalue weighted by Crippen LogP contribution is -2.53. The summed E-state index contributed by atoms with van der Waals surface area (Å²) in [5.74, 6) is -7.59. The average molecular weight is 624 g/mol. The zero-order valence-electron chi connectivity index (χ0n) is 21.3. The van der Waals surface area contributed by atoms with Crippen molar-refractivity contribution in [3.8, 4) is 11.3 Å². The second-order valence-electron chi connectivity index (χ2n) is 10.4. The second-order valence-corrected chi connectivity index (χ2v) is 13.4. The summed E-state index contributed by atoms with van der Waals surface area (Å²) >= 11 is 6.35. The van der Waals surface area contributed by atoms with Gasteiger partial charge in [-0.05, 0) is 25.0 Å². The third kappa shape index (κ3) is 5.67. The lowest BCUT2D eigenvalue weighted by molar-refractivity contribution is -0.105. The Morgan fingerprint density at radius 1 is 1.05 bits per heavy atom. The number of nitrogens with zero attached hydrogens (tertiary/aromatic N) is 5. The molecule has 2 aliphatic rings. The van der Waals surface area contributed by atoms with Crippen molar-refractivity contribution in [2.45, 2.75) is 66.0 Å². The standard InChI is InChI=1S/C25H27ClF5N5O4S/c26-23-19(32-5-6-33-23)22(24(40)1-3-25(30,31)4-2-24)41-11-16(38)20(21(39)17(41)10-37)36-9-15(34-35-36)12-7-13(27)18(29)14(28)8-12/h5-9,16-17,20-22,37-41H,1-4,10-11H2/t16-,17+,20-,21-,22-/m0/s1. The first-order valence-corrected chi connectivity index (χ1v) is 14.8. The molecule has 3 heterocycles. The fourth-order valence-corrected chi connectivity index (χ4v) is 9.73. The summed E-state index contributed by atoms with van der Waals surface area (Å²) in [6.07, 6.45) is -0.770. The highest BCUT2D eigenvalue weighted by Gasteiger charge is 2.54. The van der Waals surface area contributed by atoms with Gasteiger partial charge in [-0.1, -0.05) is 16.8 Å². The van der Waals surface area contributed by atoms with E-state index >= 15 is 0 Å². The molecule has 5 rings (SSSR count). The fraction of sp³-hybridized carbons (Fsp3) is 0.520. The third-order valence-corrected chi connectivity index (χ3v) is 11.7. The molecule has 9 nitrogen and oxygen atoms in total. The molecule has 0 radical (unpaired) electrons. The Balaban J connectivity index is 1.49. The van der Waals surface area contributed by atoms with Crippen LogP contribution in [0, 0.1) is 17.5 Å². The Hall–Kier alpha value is -2.43. The van der Waals surface area contributed by atoms with Crippen molar-refractivity contribution in [2.75, 3.05) is 12.4 Å². The van der Waals surface area contributed by atoms with Crippen molar-refractivity contribution >= 4 is 22.5 Å². The number of halogens is 6. The molecule has 1 aliphatic carbocycles. The molecule has 224 valence electrons. The maximum atomic E-state index is 14.1. The molecule has 1 unspecified atom stereocenters. The summed E-state index contributed by atoms with van der Waals surface area (Å²) in [6, 6.07) is 0.255. The Morgan fingerprint density at radius 2 is 1.68 bits per heavy atom. The van der Waals surface area contributed by atoms with Gasteiger partial charge in [-0.2, -0.15) is 0 Å². The van der Waals surface area contributed by atoms with Crippen molar-refractivity contribution in [3.63, 3.8) is 0 Å². The monoisotopic (exact) mass is 623 g/mol. The molecule has 1 saturated heterocycles. The average Bonchev–Trinajstić information content (AvgIpc) is 3.40. The Bertz CT molecular complexity index is 1390. The van der Waals surface area contributed by atoms with Crippen molar-refractivity contribution in [1.29, 1.82) is 0 Å². The van der Waals surface area contributed by atoms with E-state index < -0.39 is 88.1 Å². The SMILES string of the molecule is OC[C@@H]1[C@H](O)[C@@H](n2cc(-c3cc(F)c(F)c(F)c3)nn2)[C@@H](O)C[SH]1[C@@H](c1nccnc1Cl)C1(O)CCC(F)(F)CC1. The van der Waals surface area contributed by atoms with E-state index in [4.69, 9.17) is 11.6 Å². The van der Waals surface area contributed by atoms with Crippen LogP contribution < -0.4 is 0 Å². The molecule has 0 amide bonds. The smallest absolute Gasteiger partial charge is 0.248 e. The number of aliphatic hydroxyl groups is 4. The van der Waals surface area contributed by atoms with Crippen molar-refractivity contribution in [3.05, 3.63) is 59.0 Å². The van der Waals surface area contributed by atoms with Crippen LogP contribution in [0.1, 0.15) is 42.7 Å². The van der Waals surface area contributed by atoms with Gasteiger partial charge in [0.05, 0.1) is 41.6 Å². The van der Waals surface area contributed by atoms with Gasteiger partial charge in [0.1, 0.15) is 11.7 Å². The summed E-state index contributed by atoms with van der Waals surface area (Å²) in [7, 11) is -1.77.